The van der Waals surface area contributed by atoms with Crippen molar-refractivity contribution in [2.45, 2.75) is 19.8 Å². The van der Waals surface area contributed by atoms with Gasteiger partial charge in [-0.2, -0.15) is 0 Å². The number of anilines is 1. The van der Waals surface area contributed by atoms with Crippen molar-refractivity contribution in [2.24, 2.45) is 0 Å². The first-order valence-electron chi connectivity index (χ1n) is 6.94. The van der Waals surface area contributed by atoms with Crippen molar-refractivity contribution < 1.29 is 9.18 Å². The van der Waals surface area contributed by atoms with Crippen LogP contribution in [-0.4, -0.2) is 11.0 Å². The average Bonchev–Trinajstić information content (AvgIpc) is 2.48. The predicted molar refractivity (Wildman–Crippen MR) is 90.6 cm³/mol. The highest BCUT2D eigenvalue weighted by Crippen LogP contribution is 2.17. The smallest absolute Gasteiger partial charge is 0.260 e. The Morgan fingerprint density at radius 1 is 1.09 bits per heavy atom. The Balaban J connectivity index is 1.98. The van der Waals surface area contributed by atoms with E-state index in [9.17, 15) is 9.18 Å². The summed E-state index contributed by atoms with van der Waals surface area (Å²) in [6.45, 7) is 4.23. The summed E-state index contributed by atoms with van der Waals surface area (Å²) in [4.78, 5) is 11.9. The summed E-state index contributed by atoms with van der Waals surface area (Å²) in [5.74, 6) is -0.708. The second-order valence-corrected chi connectivity index (χ2v) is 5.57. The van der Waals surface area contributed by atoms with Gasteiger partial charge in [-0.05, 0) is 48.0 Å². The Bertz CT molecular complexity index is 683. The molecule has 5 heteroatoms. The zero-order valence-electron chi connectivity index (χ0n) is 12.4. The molecule has 2 aromatic carbocycles. The van der Waals surface area contributed by atoms with E-state index in [1.54, 1.807) is 6.07 Å². The Morgan fingerprint density at radius 2 is 1.73 bits per heavy atom. The number of rotatable bonds is 3. The third kappa shape index (κ3) is 4.11. The number of carbonyl (C=O) groups excluding carboxylic acids is 1. The third-order valence-corrected chi connectivity index (χ3v) is 3.38. The van der Waals surface area contributed by atoms with Crippen LogP contribution in [0.2, 0.25) is 0 Å². The summed E-state index contributed by atoms with van der Waals surface area (Å²) in [7, 11) is 0. The van der Waals surface area contributed by atoms with E-state index in [1.807, 2.05) is 24.3 Å². The maximum Gasteiger partial charge on any atom is 0.260 e. The Hall–Kier alpha value is -2.27. The van der Waals surface area contributed by atoms with E-state index in [1.165, 1.54) is 23.8 Å². The molecule has 0 saturated heterocycles. The molecule has 0 bridgehead atoms. The summed E-state index contributed by atoms with van der Waals surface area (Å²) in [5.41, 5.74) is 1.94. The van der Waals surface area contributed by atoms with Crippen LogP contribution in [0.15, 0.2) is 48.5 Å². The van der Waals surface area contributed by atoms with Gasteiger partial charge in [0.2, 0.25) is 0 Å². The van der Waals surface area contributed by atoms with Gasteiger partial charge in [-0.3, -0.25) is 10.1 Å². The molecule has 2 N–H and O–H groups in total. The minimum Gasteiger partial charge on any atom is -0.332 e. The number of amides is 1. The highest BCUT2D eigenvalue weighted by molar-refractivity contribution is 7.80. The molecular weight excluding hydrogens is 299 g/mol. The van der Waals surface area contributed by atoms with E-state index >= 15 is 0 Å². The van der Waals surface area contributed by atoms with E-state index in [2.05, 4.69) is 24.5 Å². The van der Waals surface area contributed by atoms with Crippen LogP contribution in [0.25, 0.3) is 0 Å². The lowest BCUT2D eigenvalue weighted by Gasteiger charge is -2.11. The minimum atomic E-state index is -0.580. The van der Waals surface area contributed by atoms with E-state index in [4.69, 9.17) is 12.2 Å². The molecule has 0 heterocycles. The molecule has 2 rings (SSSR count). The van der Waals surface area contributed by atoms with Gasteiger partial charge in [0.1, 0.15) is 5.82 Å². The van der Waals surface area contributed by atoms with Gasteiger partial charge in [-0.15, -0.1) is 0 Å². The summed E-state index contributed by atoms with van der Waals surface area (Å²) >= 11 is 5.07. The van der Waals surface area contributed by atoms with Crippen LogP contribution < -0.4 is 10.6 Å². The maximum absolute atomic E-state index is 13.5. The van der Waals surface area contributed by atoms with Crippen LogP contribution in [-0.2, 0) is 0 Å². The van der Waals surface area contributed by atoms with Crippen LogP contribution in [0, 0.1) is 5.82 Å². The molecule has 0 aliphatic carbocycles. The molecule has 0 aromatic heterocycles. The first-order chi connectivity index (χ1) is 10.5. The SMILES string of the molecule is CC(C)c1ccc(NC(=S)NC(=O)c2ccccc2F)cc1. The van der Waals surface area contributed by atoms with Gasteiger partial charge < -0.3 is 5.32 Å². The summed E-state index contributed by atoms with van der Waals surface area (Å²) in [6, 6.07) is 13.5. The van der Waals surface area contributed by atoms with Gasteiger partial charge in [-0.1, -0.05) is 38.1 Å². The van der Waals surface area contributed by atoms with Crippen molar-refractivity contribution in [3.63, 3.8) is 0 Å². The Morgan fingerprint density at radius 3 is 2.32 bits per heavy atom. The van der Waals surface area contributed by atoms with Gasteiger partial charge in [-0.25, -0.2) is 4.39 Å². The lowest BCUT2D eigenvalue weighted by molar-refractivity contribution is 0.0974. The number of halogens is 1. The van der Waals surface area contributed by atoms with Crippen LogP contribution >= 0.6 is 12.2 Å². The number of benzene rings is 2. The predicted octanol–water partition coefficient (Wildman–Crippen LogP) is 4.08. The van der Waals surface area contributed by atoms with E-state index in [0.29, 0.717) is 5.92 Å². The molecule has 2 aromatic rings. The van der Waals surface area contributed by atoms with Crippen LogP contribution in [0.3, 0.4) is 0 Å². The van der Waals surface area contributed by atoms with E-state index in [-0.39, 0.29) is 10.7 Å². The molecule has 0 radical (unpaired) electrons. The normalized spacial score (nSPS) is 10.4. The molecule has 3 nitrogen and oxygen atoms in total. The van der Waals surface area contributed by atoms with Crippen molar-refractivity contribution in [1.29, 1.82) is 0 Å². The molecular formula is C17H17FN2OS. The van der Waals surface area contributed by atoms with Crippen LogP contribution in [0.4, 0.5) is 10.1 Å². The second-order valence-electron chi connectivity index (χ2n) is 5.16. The zero-order valence-corrected chi connectivity index (χ0v) is 13.2. The monoisotopic (exact) mass is 316 g/mol. The highest BCUT2D eigenvalue weighted by atomic mass is 32.1. The van der Waals surface area contributed by atoms with Crippen molar-refractivity contribution in [1.82, 2.24) is 5.32 Å². The minimum absolute atomic E-state index is 0.0400. The molecule has 22 heavy (non-hydrogen) atoms. The van der Waals surface area contributed by atoms with Gasteiger partial charge in [0.25, 0.3) is 5.91 Å². The largest absolute Gasteiger partial charge is 0.332 e. The lowest BCUT2D eigenvalue weighted by Crippen LogP contribution is -2.34. The molecule has 0 fully saturated rings. The van der Waals surface area contributed by atoms with Gasteiger partial charge >= 0.3 is 0 Å². The average molecular weight is 316 g/mol. The van der Waals surface area contributed by atoms with Gasteiger partial charge in [0, 0.05) is 5.69 Å². The quantitative estimate of drug-likeness (QED) is 0.839. The first-order valence-corrected chi connectivity index (χ1v) is 7.35. The van der Waals surface area contributed by atoms with Crippen LogP contribution in [0.5, 0.6) is 0 Å². The number of hydrogen-bond acceptors (Lipinski definition) is 2. The van der Waals surface area contributed by atoms with Gasteiger partial charge in [0.05, 0.1) is 5.56 Å². The fourth-order valence-corrected chi connectivity index (χ4v) is 2.14. The molecule has 0 unspecified atom stereocenters. The van der Waals surface area contributed by atoms with Crippen molar-refractivity contribution in [2.75, 3.05) is 5.32 Å². The highest BCUT2D eigenvalue weighted by Gasteiger charge is 2.12. The topological polar surface area (TPSA) is 41.1 Å². The fourth-order valence-electron chi connectivity index (χ4n) is 1.93. The maximum atomic E-state index is 13.5. The number of nitrogens with one attached hydrogen (secondary N) is 2. The number of carbonyl (C=O) groups is 1. The number of hydrogen-bond donors (Lipinski definition) is 2. The lowest BCUT2D eigenvalue weighted by atomic mass is 10.0. The Labute approximate surface area is 134 Å². The van der Waals surface area contributed by atoms with Crippen molar-refractivity contribution in [3.8, 4) is 0 Å². The van der Waals surface area contributed by atoms with E-state index in [0.717, 1.165) is 5.69 Å². The van der Waals surface area contributed by atoms with Gasteiger partial charge in [0.15, 0.2) is 5.11 Å². The first kappa shape index (κ1) is 16.1. The zero-order chi connectivity index (χ0) is 16.1. The fraction of sp³-hybridized carbons (Fsp3) is 0.176. The molecule has 0 aliphatic heterocycles. The van der Waals surface area contributed by atoms with Crippen molar-refractivity contribution in [3.05, 3.63) is 65.5 Å². The van der Waals surface area contributed by atoms with E-state index < -0.39 is 11.7 Å². The molecule has 0 aliphatic rings. The van der Waals surface area contributed by atoms with Crippen LogP contribution in [0.1, 0.15) is 35.7 Å². The molecule has 0 saturated carbocycles. The molecule has 0 spiro atoms. The summed E-state index contributed by atoms with van der Waals surface area (Å²) in [6.07, 6.45) is 0. The van der Waals surface area contributed by atoms with Crippen molar-refractivity contribution >= 4 is 28.9 Å². The summed E-state index contributed by atoms with van der Waals surface area (Å²) < 4.78 is 13.5. The summed E-state index contributed by atoms with van der Waals surface area (Å²) in [5, 5.41) is 5.50. The molecule has 1 amide bonds. The Kier molecular flexibility index (Phi) is 5.22. The third-order valence-electron chi connectivity index (χ3n) is 3.18. The number of thiocarbonyl (C=S) groups is 1. The molecule has 0 atom stereocenters. The molecule has 114 valence electrons. The standard InChI is InChI=1S/C17H17FN2OS/c1-11(2)12-7-9-13(10-8-12)19-17(22)20-16(21)14-5-3-4-6-15(14)18/h3-11H,1-2H3,(H2,19,20,21,22). The second kappa shape index (κ2) is 7.13.